The molecule has 2 nitrogen and oxygen atoms in total. The summed E-state index contributed by atoms with van der Waals surface area (Å²) in [6.45, 7) is 2.15. The van der Waals surface area contributed by atoms with Gasteiger partial charge in [-0.15, -0.1) is 0 Å². The molecular formula is C10H20F2N2. The average Bonchev–Trinajstić information content (AvgIpc) is 2.02. The minimum absolute atomic E-state index is 0.0575. The average molecular weight is 206 g/mol. The van der Waals surface area contributed by atoms with Crippen LogP contribution in [0.4, 0.5) is 8.78 Å². The number of hydrogen-bond donors (Lipinski definition) is 1. The van der Waals surface area contributed by atoms with Crippen molar-refractivity contribution in [3.05, 3.63) is 0 Å². The van der Waals surface area contributed by atoms with Crippen molar-refractivity contribution >= 4 is 0 Å². The van der Waals surface area contributed by atoms with Crippen LogP contribution in [-0.2, 0) is 0 Å². The van der Waals surface area contributed by atoms with Gasteiger partial charge in [-0.25, -0.2) is 8.78 Å². The van der Waals surface area contributed by atoms with Gasteiger partial charge in [-0.2, -0.15) is 0 Å². The van der Waals surface area contributed by atoms with Gasteiger partial charge in [0.1, 0.15) is 0 Å². The van der Waals surface area contributed by atoms with Crippen LogP contribution in [0.1, 0.15) is 25.7 Å². The summed E-state index contributed by atoms with van der Waals surface area (Å²) in [7, 11) is 1.94. The fourth-order valence-corrected chi connectivity index (χ4v) is 2.18. The van der Waals surface area contributed by atoms with E-state index < -0.39 is 5.92 Å². The molecular weight excluding hydrogens is 186 g/mol. The Hall–Kier alpha value is -0.220. The molecule has 0 spiro atoms. The molecule has 0 aromatic heterocycles. The van der Waals surface area contributed by atoms with E-state index in [9.17, 15) is 8.78 Å². The summed E-state index contributed by atoms with van der Waals surface area (Å²) in [5, 5.41) is 0. The van der Waals surface area contributed by atoms with Gasteiger partial charge >= 0.3 is 0 Å². The molecule has 0 bridgehead atoms. The third-order valence-electron chi connectivity index (χ3n) is 2.82. The van der Waals surface area contributed by atoms with Gasteiger partial charge in [0.2, 0.25) is 5.92 Å². The maximum absolute atomic E-state index is 13.0. The van der Waals surface area contributed by atoms with E-state index in [-0.39, 0.29) is 18.8 Å². The fraction of sp³-hybridized carbons (Fsp3) is 1.00. The smallest absolute Gasteiger partial charge is 0.248 e. The van der Waals surface area contributed by atoms with Crippen molar-refractivity contribution in [3.63, 3.8) is 0 Å². The number of rotatable bonds is 4. The van der Waals surface area contributed by atoms with E-state index in [4.69, 9.17) is 5.73 Å². The normalized spacial score (nSPS) is 26.8. The van der Waals surface area contributed by atoms with Crippen LogP contribution in [0.15, 0.2) is 0 Å². The highest BCUT2D eigenvalue weighted by molar-refractivity contribution is 4.79. The Bertz CT molecular complexity index is 174. The topological polar surface area (TPSA) is 29.3 Å². The van der Waals surface area contributed by atoms with Crippen LogP contribution in [-0.4, -0.2) is 37.5 Å². The Morgan fingerprint density at radius 1 is 1.50 bits per heavy atom. The summed E-state index contributed by atoms with van der Waals surface area (Å²) in [5.74, 6) is -2.28. The van der Waals surface area contributed by atoms with Gasteiger partial charge in [0.15, 0.2) is 0 Å². The lowest BCUT2D eigenvalue weighted by molar-refractivity contribution is -0.0558. The van der Waals surface area contributed by atoms with E-state index in [0.29, 0.717) is 13.0 Å². The number of hydrogen-bond acceptors (Lipinski definition) is 2. The van der Waals surface area contributed by atoms with Crippen LogP contribution < -0.4 is 5.73 Å². The second-order valence-electron chi connectivity index (χ2n) is 4.37. The molecule has 1 aliphatic carbocycles. The second kappa shape index (κ2) is 5.03. The zero-order valence-corrected chi connectivity index (χ0v) is 8.81. The Morgan fingerprint density at radius 2 is 2.21 bits per heavy atom. The van der Waals surface area contributed by atoms with Crippen molar-refractivity contribution in [2.24, 2.45) is 11.7 Å². The van der Waals surface area contributed by atoms with E-state index in [1.54, 1.807) is 0 Å². The highest BCUT2D eigenvalue weighted by Crippen LogP contribution is 2.36. The molecule has 1 rings (SSSR count). The number of likely N-dealkylation sites (N-methyl/N-ethyl adjacent to an activating group) is 1. The first kappa shape index (κ1) is 11.9. The monoisotopic (exact) mass is 206 g/mol. The standard InChI is InChI=1S/C10H20F2N2/c1-14(6-5-13)8-9-3-2-4-10(11,12)7-9/h9H,2-8,13H2,1H3. The van der Waals surface area contributed by atoms with Crippen LogP contribution in [0.3, 0.4) is 0 Å². The zero-order valence-electron chi connectivity index (χ0n) is 8.81. The van der Waals surface area contributed by atoms with Crippen LogP contribution in [0.25, 0.3) is 0 Å². The summed E-state index contributed by atoms with van der Waals surface area (Å²) < 4.78 is 26.1. The van der Waals surface area contributed by atoms with Crippen LogP contribution in [0.2, 0.25) is 0 Å². The van der Waals surface area contributed by atoms with Crippen LogP contribution in [0, 0.1) is 5.92 Å². The number of nitrogens with zero attached hydrogens (tertiary/aromatic N) is 1. The summed E-state index contributed by atoms with van der Waals surface area (Å²) >= 11 is 0. The highest BCUT2D eigenvalue weighted by atomic mass is 19.3. The maximum atomic E-state index is 13.0. The minimum Gasteiger partial charge on any atom is -0.329 e. The van der Waals surface area contributed by atoms with E-state index in [0.717, 1.165) is 19.5 Å². The maximum Gasteiger partial charge on any atom is 0.248 e. The molecule has 1 aliphatic rings. The Balaban J connectivity index is 2.30. The molecule has 1 unspecified atom stereocenters. The summed E-state index contributed by atoms with van der Waals surface area (Å²) in [5.41, 5.74) is 5.40. The molecule has 0 aromatic carbocycles. The Kier molecular flexibility index (Phi) is 4.26. The van der Waals surface area contributed by atoms with Crippen LogP contribution in [0.5, 0.6) is 0 Å². The molecule has 1 fully saturated rings. The molecule has 14 heavy (non-hydrogen) atoms. The van der Waals surface area contributed by atoms with Gasteiger partial charge in [-0.1, -0.05) is 0 Å². The molecule has 0 aromatic rings. The van der Waals surface area contributed by atoms with Crippen molar-refractivity contribution in [1.82, 2.24) is 4.90 Å². The van der Waals surface area contributed by atoms with Gasteiger partial charge < -0.3 is 10.6 Å². The molecule has 84 valence electrons. The number of alkyl halides is 2. The molecule has 0 saturated heterocycles. The molecule has 0 heterocycles. The van der Waals surface area contributed by atoms with E-state index in [1.165, 1.54) is 0 Å². The lowest BCUT2D eigenvalue weighted by Crippen LogP contribution is -2.35. The van der Waals surface area contributed by atoms with Crippen molar-refractivity contribution in [2.75, 3.05) is 26.7 Å². The van der Waals surface area contributed by atoms with E-state index in [1.807, 2.05) is 11.9 Å². The third-order valence-corrected chi connectivity index (χ3v) is 2.82. The lowest BCUT2D eigenvalue weighted by atomic mass is 9.86. The first-order chi connectivity index (χ1) is 6.53. The van der Waals surface area contributed by atoms with E-state index in [2.05, 4.69) is 0 Å². The Morgan fingerprint density at radius 3 is 2.79 bits per heavy atom. The first-order valence-electron chi connectivity index (χ1n) is 5.30. The number of nitrogens with two attached hydrogens (primary N) is 1. The van der Waals surface area contributed by atoms with E-state index >= 15 is 0 Å². The summed E-state index contributed by atoms with van der Waals surface area (Å²) in [4.78, 5) is 2.05. The van der Waals surface area contributed by atoms with Crippen molar-refractivity contribution in [1.29, 1.82) is 0 Å². The SMILES string of the molecule is CN(CCN)CC1CCCC(F)(F)C1. The predicted molar refractivity (Wildman–Crippen MR) is 53.5 cm³/mol. The molecule has 4 heteroatoms. The fourth-order valence-electron chi connectivity index (χ4n) is 2.18. The van der Waals surface area contributed by atoms with Gasteiger partial charge in [-0.3, -0.25) is 0 Å². The molecule has 0 radical (unpaired) electrons. The van der Waals surface area contributed by atoms with Crippen LogP contribution >= 0.6 is 0 Å². The first-order valence-corrected chi connectivity index (χ1v) is 5.30. The quantitative estimate of drug-likeness (QED) is 0.758. The molecule has 2 N–H and O–H groups in total. The van der Waals surface area contributed by atoms with Gasteiger partial charge in [-0.05, 0) is 25.8 Å². The van der Waals surface area contributed by atoms with Crippen molar-refractivity contribution < 1.29 is 8.78 Å². The minimum atomic E-state index is -2.42. The highest BCUT2D eigenvalue weighted by Gasteiger charge is 2.36. The predicted octanol–water partition coefficient (Wildman–Crippen LogP) is 1.70. The lowest BCUT2D eigenvalue weighted by Gasteiger charge is -2.31. The molecule has 1 saturated carbocycles. The second-order valence-corrected chi connectivity index (χ2v) is 4.37. The van der Waals surface area contributed by atoms with Gasteiger partial charge in [0.05, 0.1) is 0 Å². The summed E-state index contributed by atoms with van der Waals surface area (Å²) in [6.07, 6.45) is 1.73. The number of halogens is 2. The van der Waals surface area contributed by atoms with Gasteiger partial charge in [0, 0.05) is 32.5 Å². The molecule has 1 atom stereocenters. The molecule has 0 aliphatic heterocycles. The summed E-state index contributed by atoms with van der Waals surface area (Å²) in [6, 6.07) is 0. The third kappa shape index (κ3) is 3.88. The van der Waals surface area contributed by atoms with Crippen molar-refractivity contribution in [2.45, 2.75) is 31.6 Å². The largest absolute Gasteiger partial charge is 0.329 e. The zero-order chi connectivity index (χ0) is 10.6. The molecule has 0 amide bonds. The van der Waals surface area contributed by atoms with Gasteiger partial charge in [0.25, 0.3) is 0 Å². The van der Waals surface area contributed by atoms with Crippen molar-refractivity contribution in [3.8, 4) is 0 Å². The Labute approximate surface area is 84.4 Å².